The second kappa shape index (κ2) is 9.22. The van der Waals surface area contributed by atoms with E-state index in [-0.39, 0.29) is 0 Å². The molecule has 1 radical (unpaired) electrons. The summed E-state index contributed by atoms with van der Waals surface area (Å²) in [6.45, 7) is 1.08. The summed E-state index contributed by atoms with van der Waals surface area (Å²) < 4.78 is 2.57. The quantitative estimate of drug-likeness (QED) is 0.714. The zero-order valence-electron chi connectivity index (χ0n) is 12.1. The summed E-state index contributed by atoms with van der Waals surface area (Å²) in [4.78, 5) is 11.7. The fourth-order valence-electron chi connectivity index (χ4n) is 3.45. The fraction of sp³-hybridized carbons (Fsp3) is 0.933. The van der Waals surface area contributed by atoms with E-state index in [9.17, 15) is 0 Å². The van der Waals surface area contributed by atoms with Gasteiger partial charge in [-0.25, -0.2) is 0 Å². The molecule has 0 unspecified atom stereocenters. The third-order valence-corrected chi connectivity index (χ3v) is 15.1. The van der Waals surface area contributed by atoms with Gasteiger partial charge < -0.3 is 5.11 Å². The van der Waals surface area contributed by atoms with Crippen LogP contribution in [0.3, 0.4) is 0 Å². The van der Waals surface area contributed by atoms with E-state index in [1.54, 1.807) is 51.4 Å². The first-order valence-electron chi connectivity index (χ1n) is 7.64. The van der Waals surface area contributed by atoms with Crippen LogP contribution in [0.5, 0.6) is 0 Å². The van der Waals surface area contributed by atoms with E-state index in [1.165, 1.54) is 20.7 Å². The van der Waals surface area contributed by atoms with Crippen molar-refractivity contribution in [2.45, 2.75) is 83.9 Å². The second-order valence-electron chi connectivity index (χ2n) is 5.93. The SMILES string of the molecule is CC(=O)O.[CH3][Sn]([CH]1CCCCC1)[CH]1CCCCC1. The van der Waals surface area contributed by atoms with E-state index in [1.807, 2.05) is 0 Å². The predicted octanol–water partition coefficient (Wildman–Crippen LogP) is 4.87. The van der Waals surface area contributed by atoms with E-state index in [0.29, 0.717) is 0 Å². The van der Waals surface area contributed by atoms with Crippen molar-refractivity contribution in [3.63, 3.8) is 0 Å². The van der Waals surface area contributed by atoms with E-state index in [4.69, 9.17) is 9.90 Å². The molecule has 18 heavy (non-hydrogen) atoms. The molecular formula is C15H29O2Sn. The van der Waals surface area contributed by atoms with Crippen molar-refractivity contribution in [3.05, 3.63) is 0 Å². The molecule has 2 aliphatic carbocycles. The van der Waals surface area contributed by atoms with E-state index in [0.717, 1.165) is 6.92 Å². The van der Waals surface area contributed by atoms with Gasteiger partial charge in [-0.1, -0.05) is 0 Å². The van der Waals surface area contributed by atoms with Crippen molar-refractivity contribution in [1.29, 1.82) is 0 Å². The molecular weight excluding hydrogens is 331 g/mol. The molecule has 0 bridgehead atoms. The summed E-state index contributed by atoms with van der Waals surface area (Å²) in [5.74, 6) is -0.833. The van der Waals surface area contributed by atoms with Gasteiger partial charge in [0.2, 0.25) is 0 Å². The van der Waals surface area contributed by atoms with Crippen LogP contribution in [0.2, 0.25) is 12.8 Å². The van der Waals surface area contributed by atoms with Crippen molar-refractivity contribution in [2.24, 2.45) is 0 Å². The van der Waals surface area contributed by atoms with Crippen LogP contribution in [0.1, 0.15) is 71.1 Å². The summed E-state index contributed by atoms with van der Waals surface area (Å²) in [6, 6.07) is 0. The fourth-order valence-corrected chi connectivity index (χ4v) is 12.9. The summed E-state index contributed by atoms with van der Waals surface area (Å²) in [7, 11) is 0. The summed E-state index contributed by atoms with van der Waals surface area (Å²) >= 11 is -0.948. The average molecular weight is 360 g/mol. The molecule has 0 saturated heterocycles. The molecule has 0 aromatic carbocycles. The maximum atomic E-state index is 9.00. The number of hydrogen-bond acceptors (Lipinski definition) is 1. The molecule has 0 aromatic rings. The predicted molar refractivity (Wildman–Crippen MR) is 78.6 cm³/mol. The molecule has 0 heterocycles. The summed E-state index contributed by atoms with van der Waals surface area (Å²) in [5.41, 5.74) is 0. The van der Waals surface area contributed by atoms with Crippen LogP contribution >= 0.6 is 0 Å². The number of rotatable bonds is 2. The van der Waals surface area contributed by atoms with Crippen LogP contribution < -0.4 is 0 Å². The van der Waals surface area contributed by atoms with Gasteiger partial charge in [-0.15, -0.1) is 0 Å². The molecule has 0 aliphatic heterocycles. The first-order valence-corrected chi connectivity index (χ1v) is 13.8. The van der Waals surface area contributed by atoms with Gasteiger partial charge in [0.25, 0.3) is 5.97 Å². The first kappa shape index (κ1) is 16.3. The average Bonchev–Trinajstić information content (AvgIpc) is 2.39. The van der Waals surface area contributed by atoms with E-state index >= 15 is 0 Å². The molecule has 2 nitrogen and oxygen atoms in total. The molecule has 2 aliphatic rings. The van der Waals surface area contributed by atoms with Crippen LogP contribution in [0, 0.1) is 0 Å². The molecule has 0 amide bonds. The summed E-state index contributed by atoms with van der Waals surface area (Å²) in [5, 5.41) is 7.42. The summed E-state index contributed by atoms with van der Waals surface area (Å²) in [6.07, 6.45) is 15.8. The molecule has 0 spiro atoms. The second-order valence-corrected chi connectivity index (χ2v) is 14.8. The topological polar surface area (TPSA) is 37.3 Å². The standard InChI is InChI=1S/2C6H11.C2H4O2.CH3.Sn/c2*1-2-4-6-5-3-1;1-2(3)4;;/h2*1H,2-6H2;1H3,(H,3,4);1H3;. The van der Waals surface area contributed by atoms with Gasteiger partial charge in [0, 0.05) is 6.92 Å². The molecule has 2 rings (SSSR count). The van der Waals surface area contributed by atoms with Crippen molar-refractivity contribution in [1.82, 2.24) is 0 Å². The van der Waals surface area contributed by atoms with E-state index < -0.39 is 25.7 Å². The van der Waals surface area contributed by atoms with Crippen LogP contribution in [0.25, 0.3) is 0 Å². The van der Waals surface area contributed by atoms with Gasteiger partial charge in [0.1, 0.15) is 0 Å². The zero-order valence-corrected chi connectivity index (χ0v) is 14.9. The Kier molecular flexibility index (Phi) is 8.36. The molecule has 2 saturated carbocycles. The van der Waals surface area contributed by atoms with Crippen LogP contribution in [0.15, 0.2) is 0 Å². The molecule has 0 atom stereocenters. The van der Waals surface area contributed by atoms with Crippen molar-refractivity contribution in [2.75, 3.05) is 0 Å². The molecule has 3 heteroatoms. The van der Waals surface area contributed by atoms with Gasteiger partial charge >= 0.3 is 96.8 Å². The van der Waals surface area contributed by atoms with Gasteiger partial charge in [0.05, 0.1) is 0 Å². The van der Waals surface area contributed by atoms with Crippen LogP contribution in [0.4, 0.5) is 0 Å². The number of carbonyl (C=O) groups is 1. The van der Waals surface area contributed by atoms with Gasteiger partial charge in [-0.3, -0.25) is 4.79 Å². The molecule has 105 valence electrons. The monoisotopic (exact) mass is 361 g/mol. The minimum absolute atomic E-state index is 0.833. The molecule has 0 aromatic heterocycles. The number of hydrogen-bond donors (Lipinski definition) is 1. The zero-order chi connectivity index (χ0) is 13.4. The Labute approximate surface area is 119 Å². The van der Waals surface area contributed by atoms with Crippen molar-refractivity contribution < 1.29 is 9.90 Å². The Morgan fingerprint density at radius 1 is 0.889 bits per heavy atom. The normalized spacial score (nSPS) is 22.4. The Morgan fingerprint density at radius 3 is 1.44 bits per heavy atom. The van der Waals surface area contributed by atoms with Crippen molar-refractivity contribution >= 4 is 25.7 Å². The van der Waals surface area contributed by atoms with Gasteiger partial charge in [-0.05, 0) is 0 Å². The van der Waals surface area contributed by atoms with Crippen molar-refractivity contribution in [3.8, 4) is 0 Å². The molecule has 2 fully saturated rings. The maximum absolute atomic E-state index is 9.00. The Morgan fingerprint density at radius 2 is 1.17 bits per heavy atom. The third kappa shape index (κ3) is 6.44. The Balaban J connectivity index is 0.000000357. The first-order chi connectivity index (χ1) is 8.61. The number of aliphatic carboxylic acids is 1. The molecule has 1 N–H and O–H groups in total. The van der Waals surface area contributed by atoms with Gasteiger partial charge in [0.15, 0.2) is 0 Å². The Hall–Kier alpha value is 0.269. The minimum atomic E-state index is -0.948. The van der Waals surface area contributed by atoms with Crippen LogP contribution in [-0.4, -0.2) is 30.8 Å². The number of carboxylic acid groups (broad SMARTS) is 1. The Bertz CT molecular complexity index is 209. The third-order valence-electron chi connectivity index (χ3n) is 4.50. The van der Waals surface area contributed by atoms with Crippen LogP contribution in [-0.2, 0) is 4.79 Å². The van der Waals surface area contributed by atoms with E-state index in [2.05, 4.69) is 4.94 Å². The number of carboxylic acids is 1. The van der Waals surface area contributed by atoms with Gasteiger partial charge in [-0.2, -0.15) is 0 Å².